The Morgan fingerprint density at radius 3 is 2.12 bits per heavy atom. The number of rotatable bonds is 4. The smallest absolute Gasteiger partial charge is 0.269 e. The van der Waals surface area contributed by atoms with Crippen molar-refractivity contribution in [3.63, 3.8) is 0 Å². The van der Waals surface area contributed by atoms with E-state index in [-0.39, 0.29) is 5.69 Å². The van der Waals surface area contributed by atoms with Gasteiger partial charge in [-0.25, -0.2) is 8.42 Å². The van der Waals surface area contributed by atoms with Gasteiger partial charge in [0.1, 0.15) is 0 Å². The maximum absolute atomic E-state index is 12.8. The maximum atomic E-state index is 12.8. The van der Waals surface area contributed by atoms with E-state index in [9.17, 15) is 18.5 Å². The molecule has 3 rings (SSSR count). The molecule has 0 aromatic heterocycles. The van der Waals surface area contributed by atoms with Crippen LogP contribution in [-0.4, -0.2) is 43.8 Å². The van der Waals surface area contributed by atoms with Crippen LogP contribution in [0.25, 0.3) is 0 Å². The van der Waals surface area contributed by atoms with Crippen molar-refractivity contribution in [1.29, 1.82) is 0 Å². The van der Waals surface area contributed by atoms with E-state index < -0.39 is 14.9 Å². The molecule has 2 aromatic rings. The van der Waals surface area contributed by atoms with E-state index in [2.05, 4.69) is 0 Å². The van der Waals surface area contributed by atoms with Crippen LogP contribution in [0.2, 0.25) is 0 Å². The molecule has 0 aliphatic carbocycles. The molecule has 1 fully saturated rings. The third kappa shape index (κ3) is 3.49. The minimum absolute atomic E-state index is 0.0458. The summed E-state index contributed by atoms with van der Waals surface area (Å²) in [6.07, 6.45) is 0. The molecule has 2 aromatic carbocycles. The van der Waals surface area contributed by atoms with Crippen molar-refractivity contribution in [2.75, 3.05) is 31.1 Å². The van der Waals surface area contributed by atoms with Crippen molar-refractivity contribution in [3.05, 3.63) is 64.2 Å². The van der Waals surface area contributed by atoms with Gasteiger partial charge < -0.3 is 4.90 Å². The molecule has 0 saturated carbocycles. The Hall–Kier alpha value is -2.45. The first-order valence-corrected chi connectivity index (χ1v) is 9.39. The first-order chi connectivity index (χ1) is 11.9. The number of aryl methyl sites for hydroxylation is 1. The summed E-state index contributed by atoms with van der Waals surface area (Å²) in [4.78, 5) is 12.7. The Bertz CT molecular complexity index is 873. The number of non-ortho nitro benzene ring substituents is 1. The van der Waals surface area contributed by atoms with Crippen LogP contribution < -0.4 is 4.90 Å². The van der Waals surface area contributed by atoms with Crippen molar-refractivity contribution in [2.45, 2.75) is 11.8 Å². The van der Waals surface area contributed by atoms with Crippen LogP contribution in [0, 0.1) is 17.0 Å². The second kappa shape index (κ2) is 6.81. The fourth-order valence-corrected chi connectivity index (χ4v) is 4.60. The van der Waals surface area contributed by atoms with Crippen LogP contribution in [0.3, 0.4) is 0 Å². The standard InChI is InChI=1S/C17H19N3O4S/c1-14-4-2-3-5-17(14)25(23,24)19-12-10-18(11-13-19)15-6-8-16(9-7-15)20(21)22/h2-9H,10-13H2,1H3. The lowest BCUT2D eigenvalue weighted by atomic mass is 10.2. The van der Waals surface area contributed by atoms with Gasteiger partial charge >= 0.3 is 0 Å². The molecule has 0 N–H and O–H groups in total. The molecule has 1 saturated heterocycles. The number of hydrogen-bond acceptors (Lipinski definition) is 5. The topological polar surface area (TPSA) is 83.8 Å². The maximum Gasteiger partial charge on any atom is 0.269 e. The number of nitro groups is 1. The summed E-state index contributed by atoms with van der Waals surface area (Å²) in [6, 6.07) is 13.3. The lowest BCUT2D eigenvalue weighted by Crippen LogP contribution is -2.48. The Balaban J connectivity index is 1.71. The van der Waals surface area contributed by atoms with E-state index in [0.29, 0.717) is 31.1 Å². The Labute approximate surface area is 146 Å². The van der Waals surface area contributed by atoms with Crippen molar-refractivity contribution < 1.29 is 13.3 Å². The zero-order chi connectivity index (χ0) is 18.0. The fraction of sp³-hybridized carbons (Fsp3) is 0.294. The molecule has 0 atom stereocenters. The molecule has 7 nitrogen and oxygen atoms in total. The van der Waals surface area contributed by atoms with Crippen LogP contribution in [-0.2, 0) is 10.0 Å². The van der Waals surface area contributed by atoms with Crippen LogP contribution >= 0.6 is 0 Å². The molecule has 1 heterocycles. The third-order valence-electron chi connectivity index (χ3n) is 4.38. The van der Waals surface area contributed by atoms with Crippen LogP contribution in [0.15, 0.2) is 53.4 Å². The zero-order valence-electron chi connectivity index (χ0n) is 13.8. The Morgan fingerprint density at radius 1 is 0.960 bits per heavy atom. The van der Waals surface area contributed by atoms with Gasteiger partial charge in [0, 0.05) is 44.0 Å². The van der Waals surface area contributed by atoms with E-state index in [1.807, 2.05) is 11.0 Å². The molecule has 0 amide bonds. The molecule has 1 aliphatic rings. The monoisotopic (exact) mass is 361 g/mol. The van der Waals surface area contributed by atoms with Crippen LogP contribution in [0.5, 0.6) is 0 Å². The summed E-state index contributed by atoms with van der Waals surface area (Å²) in [5, 5.41) is 10.7. The highest BCUT2D eigenvalue weighted by molar-refractivity contribution is 7.89. The van der Waals surface area contributed by atoms with E-state index in [4.69, 9.17) is 0 Å². The van der Waals surface area contributed by atoms with Gasteiger partial charge in [0.05, 0.1) is 9.82 Å². The number of sulfonamides is 1. The van der Waals surface area contributed by atoms with Crippen molar-refractivity contribution in [1.82, 2.24) is 4.31 Å². The third-order valence-corrected chi connectivity index (χ3v) is 6.43. The summed E-state index contributed by atoms with van der Waals surface area (Å²) in [5.41, 5.74) is 1.64. The molecule has 0 bridgehead atoms. The number of piperazine rings is 1. The van der Waals surface area contributed by atoms with E-state index in [1.165, 1.54) is 16.4 Å². The first-order valence-electron chi connectivity index (χ1n) is 7.95. The fourth-order valence-electron chi connectivity index (χ4n) is 2.96. The SMILES string of the molecule is Cc1ccccc1S(=O)(=O)N1CCN(c2ccc([N+](=O)[O-])cc2)CC1. The molecule has 0 spiro atoms. The van der Waals surface area contributed by atoms with Crippen molar-refractivity contribution >= 4 is 21.4 Å². The van der Waals surface area contributed by atoms with Crippen molar-refractivity contribution in [2.24, 2.45) is 0 Å². The second-order valence-corrected chi connectivity index (χ2v) is 7.84. The largest absolute Gasteiger partial charge is 0.369 e. The van der Waals surface area contributed by atoms with Gasteiger partial charge in [0.25, 0.3) is 5.69 Å². The van der Waals surface area contributed by atoms with Gasteiger partial charge in [-0.05, 0) is 30.7 Å². The number of nitro benzene ring substituents is 1. The Kier molecular flexibility index (Phi) is 4.73. The molecule has 25 heavy (non-hydrogen) atoms. The highest BCUT2D eigenvalue weighted by Crippen LogP contribution is 2.24. The molecule has 8 heteroatoms. The number of hydrogen-bond donors (Lipinski definition) is 0. The molecule has 0 unspecified atom stereocenters. The van der Waals surface area contributed by atoms with Crippen LogP contribution in [0.1, 0.15) is 5.56 Å². The average molecular weight is 361 g/mol. The van der Waals surface area contributed by atoms with Crippen LogP contribution in [0.4, 0.5) is 11.4 Å². The molecular formula is C17H19N3O4S. The minimum atomic E-state index is -3.50. The summed E-state index contributed by atoms with van der Waals surface area (Å²) in [6.45, 7) is 3.65. The number of anilines is 1. The highest BCUT2D eigenvalue weighted by Gasteiger charge is 2.29. The zero-order valence-corrected chi connectivity index (χ0v) is 14.6. The number of benzene rings is 2. The van der Waals surface area contributed by atoms with Gasteiger partial charge in [0.15, 0.2) is 0 Å². The molecule has 1 aliphatic heterocycles. The summed E-state index contributed by atoms with van der Waals surface area (Å²) < 4.78 is 27.1. The molecule has 132 valence electrons. The quantitative estimate of drug-likeness (QED) is 0.617. The van der Waals surface area contributed by atoms with E-state index >= 15 is 0 Å². The van der Waals surface area contributed by atoms with Gasteiger partial charge in [-0.2, -0.15) is 4.31 Å². The average Bonchev–Trinajstić information content (AvgIpc) is 2.62. The Morgan fingerprint density at radius 2 is 1.56 bits per heavy atom. The lowest BCUT2D eigenvalue weighted by molar-refractivity contribution is -0.384. The van der Waals surface area contributed by atoms with E-state index in [0.717, 1.165) is 11.3 Å². The summed E-state index contributed by atoms with van der Waals surface area (Å²) in [7, 11) is -3.50. The summed E-state index contributed by atoms with van der Waals surface area (Å²) in [5.74, 6) is 0. The number of nitrogens with zero attached hydrogens (tertiary/aromatic N) is 3. The normalized spacial score (nSPS) is 16.0. The first kappa shape index (κ1) is 17.4. The van der Waals surface area contributed by atoms with Gasteiger partial charge in [-0.1, -0.05) is 18.2 Å². The predicted molar refractivity (Wildman–Crippen MR) is 95.2 cm³/mol. The predicted octanol–water partition coefficient (Wildman–Crippen LogP) is 2.41. The van der Waals surface area contributed by atoms with Crippen molar-refractivity contribution in [3.8, 4) is 0 Å². The van der Waals surface area contributed by atoms with E-state index in [1.54, 1.807) is 37.3 Å². The minimum Gasteiger partial charge on any atom is -0.369 e. The van der Waals surface area contributed by atoms with Gasteiger partial charge in [-0.15, -0.1) is 0 Å². The highest BCUT2D eigenvalue weighted by atomic mass is 32.2. The van der Waals surface area contributed by atoms with Gasteiger partial charge in [0.2, 0.25) is 10.0 Å². The molecule has 0 radical (unpaired) electrons. The lowest BCUT2D eigenvalue weighted by Gasteiger charge is -2.35. The summed E-state index contributed by atoms with van der Waals surface area (Å²) >= 11 is 0. The van der Waals surface area contributed by atoms with Gasteiger partial charge in [-0.3, -0.25) is 10.1 Å². The second-order valence-electron chi connectivity index (χ2n) is 5.93. The molecular weight excluding hydrogens is 342 g/mol.